The van der Waals surface area contributed by atoms with Crippen molar-refractivity contribution in [3.05, 3.63) is 36.2 Å². The third-order valence-corrected chi connectivity index (χ3v) is 3.77. The van der Waals surface area contributed by atoms with E-state index >= 15 is 0 Å². The van der Waals surface area contributed by atoms with E-state index in [0.29, 0.717) is 0 Å². The molecule has 0 amide bonds. The number of nitrogens with zero attached hydrogens (tertiary/aromatic N) is 4. The van der Waals surface area contributed by atoms with Crippen LogP contribution in [0, 0.1) is 0 Å². The van der Waals surface area contributed by atoms with Crippen molar-refractivity contribution in [2.24, 2.45) is 0 Å². The fourth-order valence-corrected chi connectivity index (χ4v) is 2.57. The third kappa shape index (κ3) is 3.78. The molecule has 0 unspecified atom stereocenters. The predicted octanol–water partition coefficient (Wildman–Crippen LogP) is 2.49. The second-order valence-electron chi connectivity index (χ2n) is 3.99. The molecule has 0 aliphatic heterocycles. The van der Waals surface area contributed by atoms with E-state index in [2.05, 4.69) is 22.4 Å². The summed E-state index contributed by atoms with van der Waals surface area (Å²) in [6.07, 6.45) is 0. The van der Waals surface area contributed by atoms with Gasteiger partial charge >= 0.3 is 0 Å². The highest BCUT2D eigenvalue weighted by atomic mass is 32.2. The van der Waals surface area contributed by atoms with Gasteiger partial charge in [0, 0.05) is 12.4 Å². The number of para-hydroxylation sites is 1. The molecule has 19 heavy (non-hydrogen) atoms. The molecular weight excluding hydrogens is 260 g/mol. The Balaban J connectivity index is 2.03. The highest BCUT2D eigenvalue weighted by Gasteiger charge is 2.15. The largest absolute Gasteiger partial charge is 0.381 e. The van der Waals surface area contributed by atoms with E-state index in [9.17, 15) is 0 Å². The lowest BCUT2D eigenvalue weighted by atomic mass is 10.3. The second-order valence-corrected chi connectivity index (χ2v) is 5.44. The number of hydrogen-bond donors (Lipinski definition) is 0. The van der Waals surface area contributed by atoms with Gasteiger partial charge in [-0.1, -0.05) is 18.2 Å². The molecule has 1 atom stereocenters. The van der Waals surface area contributed by atoms with Gasteiger partial charge in [-0.2, -0.15) is 4.68 Å². The van der Waals surface area contributed by atoms with Crippen LogP contribution in [0.1, 0.15) is 24.9 Å². The Kier molecular flexibility index (Phi) is 5.35. The fraction of sp³-hybridized carbons (Fsp3) is 0.462. The maximum atomic E-state index is 5.34. The zero-order chi connectivity index (χ0) is 13.5. The van der Waals surface area contributed by atoms with Gasteiger partial charge < -0.3 is 4.74 Å². The molecule has 5 nitrogen and oxygen atoms in total. The molecule has 0 spiro atoms. The number of hydrogen-bond acceptors (Lipinski definition) is 5. The molecule has 0 saturated carbocycles. The lowest BCUT2D eigenvalue weighted by molar-refractivity contribution is 0.164. The van der Waals surface area contributed by atoms with Crippen molar-refractivity contribution < 1.29 is 4.74 Å². The highest BCUT2D eigenvalue weighted by Crippen LogP contribution is 2.27. The molecule has 0 aliphatic carbocycles. The maximum absolute atomic E-state index is 5.34. The first-order valence-corrected chi connectivity index (χ1v) is 7.41. The number of tetrazole rings is 1. The number of ether oxygens (including phenoxy) is 1. The van der Waals surface area contributed by atoms with E-state index in [0.717, 1.165) is 30.5 Å². The predicted molar refractivity (Wildman–Crippen MR) is 76.5 cm³/mol. The lowest BCUT2D eigenvalue weighted by Gasteiger charge is -2.11. The van der Waals surface area contributed by atoms with Crippen LogP contribution < -0.4 is 0 Å². The molecule has 102 valence electrons. The number of aromatic nitrogens is 4. The molecule has 2 rings (SSSR count). The van der Waals surface area contributed by atoms with Crippen molar-refractivity contribution in [1.82, 2.24) is 20.2 Å². The zero-order valence-electron chi connectivity index (χ0n) is 11.2. The van der Waals surface area contributed by atoms with Crippen molar-refractivity contribution in [1.29, 1.82) is 0 Å². The first-order valence-electron chi connectivity index (χ1n) is 6.36. The van der Waals surface area contributed by atoms with Gasteiger partial charge in [-0.3, -0.25) is 0 Å². The summed E-state index contributed by atoms with van der Waals surface area (Å²) in [6.45, 7) is 5.64. The van der Waals surface area contributed by atoms with Crippen LogP contribution in [0.2, 0.25) is 0 Å². The monoisotopic (exact) mass is 278 g/mol. The third-order valence-electron chi connectivity index (χ3n) is 2.66. The molecular formula is C13H18N4OS. The van der Waals surface area contributed by atoms with Crippen LogP contribution in [0.3, 0.4) is 0 Å². The van der Waals surface area contributed by atoms with E-state index in [1.54, 1.807) is 16.4 Å². The van der Waals surface area contributed by atoms with Gasteiger partial charge in [0.05, 0.1) is 17.5 Å². The molecule has 0 aliphatic rings. The Morgan fingerprint density at radius 3 is 2.84 bits per heavy atom. The van der Waals surface area contributed by atoms with Crippen LogP contribution in [0.25, 0.3) is 5.69 Å². The minimum atomic E-state index is 0.232. The van der Waals surface area contributed by atoms with E-state index in [-0.39, 0.29) is 5.25 Å². The molecule has 0 N–H and O–H groups in total. The Bertz CT molecular complexity index is 488. The Morgan fingerprint density at radius 2 is 2.11 bits per heavy atom. The van der Waals surface area contributed by atoms with Crippen LogP contribution in [0.15, 0.2) is 30.3 Å². The quantitative estimate of drug-likeness (QED) is 0.728. The second kappa shape index (κ2) is 7.25. The summed E-state index contributed by atoms with van der Waals surface area (Å²) in [5.41, 5.74) is 0.986. The smallest absolute Gasteiger partial charge is 0.169 e. The van der Waals surface area contributed by atoms with E-state index in [1.165, 1.54) is 0 Å². The Labute approximate surface area is 117 Å². The van der Waals surface area contributed by atoms with Gasteiger partial charge in [0.25, 0.3) is 0 Å². The van der Waals surface area contributed by atoms with Crippen LogP contribution in [0.5, 0.6) is 0 Å². The number of rotatable bonds is 7. The van der Waals surface area contributed by atoms with Crippen molar-refractivity contribution in [2.45, 2.75) is 19.1 Å². The van der Waals surface area contributed by atoms with Gasteiger partial charge in [0.15, 0.2) is 5.82 Å². The minimum absolute atomic E-state index is 0.232. The summed E-state index contributed by atoms with van der Waals surface area (Å²) in [7, 11) is 0. The minimum Gasteiger partial charge on any atom is -0.381 e. The van der Waals surface area contributed by atoms with Crippen molar-refractivity contribution in [2.75, 3.05) is 19.0 Å². The van der Waals surface area contributed by atoms with Crippen LogP contribution in [0.4, 0.5) is 0 Å². The highest BCUT2D eigenvalue weighted by molar-refractivity contribution is 7.99. The van der Waals surface area contributed by atoms with Crippen molar-refractivity contribution in [3.8, 4) is 5.69 Å². The molecule has 0 fully saturated rings. The standard InChI is InChI=1S/C13H18N4OS/c1-3-18-9-10-19-11(2)13-14-15-16-17(13)12-7-5-4-6-8-12/h4-8,11H,3,9-10H2,1-2H3/t11-/m0/s1. The summed E-state index contributed by atoms with van der Waals surface area (Å²) < 4.78 is 7.13. The van der Waals surface area contributed by atoms with Gasteiger partial charge in [0.2, 0.25) is 0 Å². The molecule has 0 bridgehead atoms. The van der Waals surface area contributed by atoms with E-state index in [1.807, 2.05) is 37.3 Å². The average molecular weight is 278 g/mol. The Morgan fingerprint density at radius 1 is 1.32 bits per heavy atom. The average Bonchev–Trinajstić information content (AvgIpc) is 2.94. The van der Waals surface area contributed by atoms with E-state index < -0.39 is 0 Å². The zero-order valence-corrected chi connectivity index (χ0v) is 12.0. The number of benzene rings is 1. The molecule has 1 aromatic heterocycles. The Hall–Kier alpha value is -1.40. The van der Waals surface area contributed by atoms with Crippen molar-refractivity contribution in [3.63, 3.8) is 0 Å². The summed E-state index contributed by atoms with van der Waals surface area (Å²) >= 11 is 1.79. The molecule has 1 aromatic carbocycles. The molecule has 6 heteroatoms. The van der Waals surface area contributed by atoms with Gasteiger partial charge in [0.1, 0.15) is 0 Å². The van der Waals surface area contributed by atoms with Gasteiger partial charge in [-0.15, -0.1) is 16.9 Å². The first-order chi connectivity index (χ1) is 9.33. The van der Waals surface area contributed by atoms with Crippen LogP contribution >= 0.6 is 11.8 Å². The fourth-order valence-electron chi connectivity index (χ4n) is 1.70. The molecule has 0 radical (unpaired) electrons. The summed E-state index contributed by atoms with van der Waals surface area (Å²) in [5.74, 6) is 1.81. The van der Waals surface area contributed by atoms with Gasteiger partial charge in [-0.25, -0.2) is 0 Å². The lowest BCUT2D eigenvalue weighted by Crippen LogP contribution is -2.06. The van der Waals surface area contributed by atoms with Crippen molar-refractivity contribution >= 4 is 11.8 Å². The topological polar surface area (TPSA) is 52.8 Å². The summed E-state index contributed by atoms with van der Waals surface area (Å²) in [5, 5.41) is 12.2. The molecule has 2 aromatic rings. The molecule has 0 saturated heterocycles. The first kappa shape index (κ1) is 14.0. The normalized spacial score (nSPS) is 12.5. The van der Waals surface area contributed by atoms with E-state index in [4.69, 9.17) is 4.74 Å². The van der Waals surface area contributed by atoms with Crippen LogP contribution in [-0.2, 0) is 4.74 Å². The summed E-state index contributed by atoms with van der Waals surface area (Å²) in [4.78, 5) is 0. The molecule has 1 heterocycles. The summed E-state index contributed by atoms with van der Waals surface area (Å²) in [6, 6.07) is 9.93. The van der Waals surface area contributed by atoms with Crippen LogP contribution in [-0.4, -0.2) is 39.2 Å². The SMILES string of the molecule is CCOCCS[C@@H](C)c1nnnn1-c1ccccc1. The maximum Gasteiger partial charge on any atom is 0.169 e. The number of thioether (sulfide) groups is 1. The van der Waals surface area contributed by atoms with Gasteiger partial charge in [-0.05, 0) is 36.4 Å².